The molecule has 2 unspecified atom stereocenters. The topological polar surface area (TPSA) is 228 Å². The van der Waals surface area contributed by atoms with E-state index in [0.717, 1.165) is 63.9 Å². The van der Waals surface area contributed by atoms with E-state index >= 15 is 0 Å². The summed E-state index contributed by atoms with van der Waals surface area (Å²) in [5, 5.41) is 18.4. The summed E-state index contributed by atoms with van der Waals surface area (Å²) in [5.74, 6) is -14.7. The van der Waals surface area contributed by atoms with Crippen LogP contribution in [0.1, 0.15) is 122 Å². The number of piperazine rings is 1. The molecular formula is C86H92Br2Cl3F5N6O11. The van der Waals surface area contributed by atoms with Gasteiger partial charge in [-0.2, -0.15) is 8.78 Å². The van der Waals surface area contributed by atoms with Gasteiger partial charge in [0.1, 0.15) is 23.3 Å². The zero-order valence-electron chi connectivity index (χ0n) is 64.4. The number of esters is 1. The highest BCUT2D eigenvalue weighted by atomic mass is 79.9. The van der Waals surface area contributed by atoms with Gasteiger partial charge in [-0.1, -0.05) is 159 Å². The maximum absolute atomic E-state index is 13.5. The first-order chi connectivity index (χ1) is 53.6. The second-order valence-electron chi connectivity index (χ2n) is 26.9. The van der Waals surface area contributed by atoms with Crippen molar-refractivity contribution in [3.63, 3.8) is 0 Å². The van der Waals surface area contributed by atoms with Crippen LogP contribution >= 0.6 is 66.7 Å². The maximum Gasteiger partial charge on any atom is 0.343 e. The molecule has 1 saturated heterocycles. The first-order valence-corrected chi connectivity index (χ1v) is 38.9. The third-order valence-corrected chi connectivity index (χ3v) is 18.8. The van der Waals surface area contributed by atoms with E-state index < -0.39 is 64.9 Å². The Labute approximate surface area is 688 Å². The van der Waals surface area contributed by atoms with Crippen LogP contribution in [0.3, 0.4) is 0 Å². The number of carbonyl (C=O) groups excluding carboxylic acids is 5. The number of rotatable bonds is 26. The zero-order valence-corrected chi connectivity index (χ0v) is 69.8. The third-order valence-electron chi connectivity index (χ3n) is 16.8. The number of carboxylic acids is 1. The number of nitrogens with one attached hydrogen (secondary N) is 3. The van der Waals surface area contributed by atoms with Crippen molar-refractivity contribution in [2.75, 3.05) is 50.1 Å². The van der Waals surface area contributed by atoms with Gasteiger partial charge in [-0.15, -0.1) is 0 Å². The molecule has 9 aromatic carbocycles. The Kier molecular flexibility index (Phi) is 37.2. The molecule has 9 aromatic rings. The number of nitrogens with two attached hydrogens (primary N) is 1. The van der Waals surface area contributed by atoms with Crippen molar-refractivity contribution >= 4 is 113 Å². The van der Waals surface area contributed by atoms with Gasteiger partial charge in [-0.05, 0) is 193 Å². The molecule has 602 valence electrons. The van der Waals surface area contributed by atoms with Gasteiger partial charge in [0.05, 0.1) is 51.0 Å². The lowest BCUT2D eigenvalue weighted by molar-refractivity contribution is -0.138. The van der Waals surface area contributed by atoms with Gasteiger partial charge in [-0.3, -0.25) is 24.0 Å². The number of carboxylic acid groups (broad SMARTS) is 1. The number of para-hydroxylation sites is 1. The summed E-state index contributed by atoms with van der Waals surface area (Å²) >= 11 is 25.1. The Bertz CT molecular complexity index is 4670. The van der Waals surface area contributed by atoms with Crippen molar-refractivity contribution < 1.29 is 74.8 Å². The number of halogens is 10. The zero-order chi connectivity index (χ0) is 83.3. The lowest BCUT2D eigenvalue weighted by Gasteiger charge is -2.29. The summed E-state index contributed by atoms with van der Waals surface area (Å²) in [6.07, 6.45) is 1.72. The van der Waals surface area contributed by atoms with E-state index in [4.69, 9.17) is 59.9 Å². The maximum atomic E-state index is 13.5. The van der Waals surface area contributed by atoms with Gasteiger partial charge >= 0.3 is 11.9 Å². The van der Waals surface area contributed by atoms with E-state index in [1.165, 1.54) is 34.1 Å². The number of hydrogen-bond donors (Lipinski definition) is 5. The number of carbonyl (C=O) groups is 6. The number of nitrogens with zero attached hydrogens (tertiary/aromatic N) is 2. The van der Waals surface area contributed by atoms with Crippen LogP contribution in [-0.4, -0.2) is 117 Å². The van der Waals surface area contributed by atoms with Crippen LogP contribution in [0.15, 0.2) is 185 Å². The van der Waals surface area contributed by atoms with Gasteiger partial charge in [0, 0.05) is 90.1 Å². The summed E-state index contributed by atoms with van der Waals surface area (Å²) in [7, 11) is 4.16. The van der Waals surface area contributed by atoms with Crippen molar-refractivity contribution in [3.8, 4) is 34.1 Å². The SMILES string of the molecule is CC(C)Oc1ccc(C(=O)Oc2c(F)c(F)c(F)c(F)c2F)cc1Cl.CCC(=O)C(Cc1ccc(Br)cc1)NC(=O)c1ccc(OC(C)C)c(Cl)c1.CCC(=O)C(Cc1ccc(N2CCNCC2)cc1)NC(=O)c1ccc(OC(C)C)c(Cl)c1.Cc1ccccc1-c1ccccc1N(C)C.N[C@@H](Cc1ccc(Br)cc1)C(=O)O. The Balaban J connectivity index is 0.000000227. The van der Waals surface area contributed by atoms with E-state index in [1.807, 2.05) is 95.3 Å². The normalized spacial score (nSPS) is 12.3. The Morgan fingerprint density at radius 2 is 0.894 bits per heavy atom. The van der Waals surface area contributed by atoms with E-state index in [1.54, 1.807) is 57.2 Å². The summed E-state index contributed by atoms with van der Waals surface area (Å²) in [6, 6.07) is 51.7. The van der Waals surface area contributed by atoms with Crippen LogP contribution in [0.2, 0.25) is 15.1 Å². The van der Waals surface area contributed by atoms with Gasteiger partial charge in [0.15, 0.2) is 11.6 Å². The number of Topliss-reactive ketones (excluding diaryl/α,β-unsaturated/α-hetero) is 2. The Hall–Kier alpha value is -9.40. The molecule has 0 radical (unpaired) electrons. The number of benzene rings is 9. The molecule has 17 nitrogen and oxygen atoms in total. The van der Waals surface area contributed by atoms with Crippen molar-refractivity contribution in [3.05, 3.63) is 268 Å². The average molecular weight is 1750 g/mol. The largest absolute Gasteiger partial charge is 0.489 e. The van der Waals surface area contributed by atoms with E-state index in [2.05, 4.69) is 144 Å². The molecule has 0 aliphatic carbocycles. The molecular weight excluding hydrogens is 1650 g/mol. The van der Waals surface area contributed by atoms with E-state index in [9.17, 15) is 50.7 Å². The summed E-state index contributed by atoms with van der Waals surface area (Å²) in [4.78, 5) is 77.2. The van der Waals surface area contributed by atoms with Gasteiger partial charge < -0.3 is 55.5 Å². The molecule has 113 heavy (non-hydrogen) atoms. The minimum Gasteiger partial charge on any atom is -0.489 e. The molecule has 1 aliphatic heterocycles. The van der Waals surface area contributed by atoms with E-state index in [-0.39, 0.29) is 58.0 Å². The molecule has 1 heterocycles. The fraction of sp³-hybridized carbons (Fsp3) is 0.302. The molecule has 27 heteroatoms. The van der Waals surface area contributed by atoms with Crippen molar-refractivity contribution in [1.82, 2.24) is 16.0 Å². The molecule has 1 aliphatic rings. The standard InChI is InChI=1S/C25H32ClN3O3.C21H23BrClNO3.C16H10ClF5O3.C15H17N.C9H10BrNO2/c1-4-23(30)22(15-18-5-8-20(9-6-18)29-13-11-27-12-14-29)28-25(31)19-7-10-24(21(26)16-19)32-17(2)3;1-4-19(25)18(11-14-5-8-16(22)9-6-14)24-21(26)15-7-10-20(17(23)12-15)27-13(2)3;1-6(2)24-9-4-3-7(5-8(9)17)16(23)25-15-13(21)11(19)10(18)12(20)14(15)22;1-12-8-4-5-9-13(12)14-10-6-7-11-15(14)16(2)3;10-7-3-1-6(2-4-7)5-8(11)9(12)13/h5-10,16-17,22,27H,4,11-15H2,1-3H3,(H,28,31);5-10,12-13,18H,4,11H2,1-3H3,(H,24,26);3-6H,1-2H3;4-11H,1-3H3;1-4,8H,5,11H2,(H,12,13)/t;;;;8-/m....0/s1. The summed E-state index contributed by atoms with van der Waals surface area (Å²) < 4.78 is 89.0. The second-order valence-corrected chi connectivity index (χ2v) is 29.9. The highest BCUT2D eigenvalue weighted by Gasteiger charge is 2.30. The fourth-order valence-electron chi connectivity index (χ4n) is 11.0. The van der Waals surface area contributed by atoms with Gasteiger partial charge in [0.25, 0.3) is 11.8 Å². The Morgan fingerprint density at radius 3 is 1.28 bits per heavy atom. The number of aliphatic carboxylic acids is 1. The minimum absolute atomic E-state index is 0.000520. The molecule has 0 saturated carbocycles. The molecule has 2 amide bonds. The van der Waals surface area contributed by atoms with Crippen LogP contribution in [0.25, 0.3) is 11.1 Å². The number of aryl methyl sites for hydroxylation is 1. The molecule has 0 spiro atoms. The second kappa shape index (κ2) is 45.5. The number of amides is 2. The highest BCUT2D eigenvalue weighted by molar-refractivity contribution is 9.10. The van der Waals surface area contributed by atoms with E-state index in [0.29, 0.717) is 64.8 Å². The van der Waals surface area contributed by atoms with Crippen molar-refractivity contribution in [2.24, 2.45) is 5.73 Å². The lowest BCUT2D eigenvalue weighted by atomic mass is 9.99. The molecule has 3 atom stereocenters. The van der Waals surface area contributed by atoms with Gasteiger partial charge in [0.2, 0.25) is 34.8 Å². The van der Waals surface area contributed by atoms with Crippen LogP contribution < -0.4 is 50.4 Å². The van der Waals surface area contributed by atoms with Crippen molar-refractivity contribution in [2.45, 2.75) is 131 Å². The quantitative estimate of drug-likeness (QED) is 0.0112. The van der Waals surface area contributed by atoms with Crippen LogP contribution in [0.5, 0.6) is 23.0 Å². The lowest BCUT2D eigenvalue weighted by Crippen LogP contribution is -2.43. The summed E-state index contributed by atoms with van der Waals surface area (Å²) in [6.45, 7) is 20.8. The molecule has 0 aromatic heterocycles. The number of ether oxygens (including phenoxy) is 4. The van der Waals surface area contributed by atoms with Gasteiger partial charge in [-0.25, -0.2) is 18.0 Å². The first kappa shape index (κ1) is 92.5. The van der Waals surface area contributed by atoms with Crippen LogP contribution in [0.4, 0.5) is 33.3 Å². The number of anilines is 2. The number of hydrogen-bond acceptors (Lipinski definition) is 14. The van der Waals surface area contributed by atoms with Crippen molar-refractivity contribution in [1.29, 1.82) is 0 Å². The first-order valence-electron chi connectivity index (χ1n) is 36.2. The fourth-order valence-corrected chi connectivity index (χ4v) is 12.2. The predicted octanol–water partition coefficient (Wildman–Crippen LogP) is 19.2. The monoisotopic (exact) mass is 1740 g/mol. The minimum atomic E-state index is -2.35. The molecule has 1 fully saturated rings. The Morgan fingerprint density at radius 1 is 0.522 bits per heavy atom. The molecule has 10 rings (SSSR count). The molecule has 6 N–H and O–H groups in total. The summed E-state index contributed by atoms with van der Waals surface area (Å²) in [5.41, 5.74) is 15.2. The molecule has 0 bridgehead atoms. The van der Waals surface area contributed by atoms with Crippen LogP contribution in [0, 0.1) is 36.0 Å². The number of ketones is 2. The predicted molar refractivity (Wildman–Crippen MR) is 443 cm³/mol. The average Bonchev–Trinajstić information content (AvgIpc) is 0.793. The third kappa shape index (κ3) is 28.9. The highest BCUT2D eigenvalue weighted by Crippen LogP contribution is 2.35. The van der Waals surface area contributed by atoms with Crippen LogP contribution in [-0.2, 0) is 33.6 Å². The smallest absolute Gasteiger partial charge is 0.343 e.